The Kier molecular flexibility index (Phi) is 6.21. The Balaban J connectivity index is 1.89. The van der Waals surface area contributed by atoms with Gasteiger partial charge in [0.15, 0.2) is 5.82 Å². The van der Waals surface area contributed by atoms with Gasteiger partial charge in [-0.15, -0.1) is 0 Å². The number of amides is 1. The molecule has 0 aliphatic carbocycles. The van der Waals surface area contributed by atoms with E-state index in [4.69, 9.17) is 15.2 Å². The van der Waals surface area contributed by atoms with Crippen molar-refractivity contribution in [3.05, 3.63) is 66.0 Å². The zero-order valence-electron chi connectivity index (χ0n) is 15.9. The average molecular weight is 392 g/mol. The van der Waals surface area contributed by atoms with Crippen molar-refractivity contribution < 1.29 is 14.3 Å². The van der Waals surface area contributed by atoms with E-state index in [-0.39, 0.29) is 17.2 Å². The van der Waals surface area contributed by atoms with Gasteiger partial charge in [0.05, 0.1) is 20.4 Å². The summed E-state index contributed by atoms with van der Waals surface area (Å²) in [6.45, 7) is 0. The molecular weight excluding hydrogens is 372 g/mol. The highest BCUT2D eigenvalue weighted by atomic mass is 16.5. The lowest BCUT2D eigenvalue weighted by Crippen LogP contribution is -2.17. The summed E-state index contributed by atoms with van der Waals surface area (Å²) in [5.74, 6) is 0.845. The SMILES string of the molecule is COc1cc(Nc2ncnc(NN=Cc3ccccc3)c2C(N)=O)cc(OC)c1. The number of methoxy groups -OCH3 is 2. The maximum atomic E-state index is 12.1. The van der Waals surface area contributed by atoms with Gasteiger partial charge in [0.25, 0.3) is 5.91 Å². The van der Waals surface area contributed by atoms with Crippen LogP contribution in [-0.4, -0.2) is 36.3 Å². The highest BCUT2D eigenvalue weighted by molar-refractivity contribution is 6.02. The van der Waals surface area contributed by atoms with Crippen LogP contribution in [0.3, 0.4) is 0 Å². The molecule has 9 heteroatoms. The molecule has 148 valence electrons. The Bertz CT molecular complexity index is 1000. The molecule has 1 heterocycles. The van der Waals surface area contributed by atoms with Gasteiger partial charge in [0.1, 0.15) is 29.2 Å². The molecule has 0 fully saturated rings. The molecule has 9 nitrogen and oxygen atoms in total. The number of anilines is 3. The van der Waals surface area contributed by atoms with E-state index in [1.165, 1.54) is 6.33 Å². The smallest absolute Gasteiger partial charge is 0.256 e. The predicted octanol–water partition coefficient (Wildman–Crippen LogP) is 2.78. The van der Waals surface area contributed by atoms with Gasteiger partial charge >= 0.3 is 0 Å². The summed E-state index contributed by atoms with van der Waals surface area (Å²) in [6.07, 6.45) is 2.90. The van der Waals surface area contributed by atoms with Gasteiger partial charge < -0.3 is 20.5 Å². The third-order valence-corrected chi connectivity index (χ3v) is 3.89. The molecule has 0 atom stereocenters. The second-order valence-corrected chi connectivity index (χ2v) is 5.82. The third kappa shape index (κ3) is 4.98. The van der Waals surface area contributed by atoms with Crippen molar-refractivity contribution in [1.82, 2.24) is 9.97 Å². The van der Waals surface area contributed by atoms with E-state index in [0.717, 1.165) is 5.56 Å². The fourth-order valence-electron chi connectivity index (χ4n) is 2.52. The number of nitrogens with zero attached hydrogens (tertiary/aromatic N) is 3. The standard InChI is InChI=1S/C20H20N6O3/c1-28-15-8-14(9-16(10-15)29-2)25-19-17(18(21)27)20(23-12-22-19)26-24-11-13-6-4-3-5-7-13/h3-12H,1-2H3,(H2,21,27)(H2,22,23,25,26). The fraction of sp³-hybridized carbons (Fsp3) is 0.100. The number of primary amides is 1. The van der Waals surface area contributed by atoms with E-state index >= 15 is 0 Å². The molecule has 0 aliphatic heterocycles. The van der Waals surface area contributed by atoms with E-state index in [2.05, 4.69) is 25.8 Å². The maximum Gasteiger partial charge on any atom is 0.256 e. The molecule has 2 aromatic carbocycles. The number of carbonyl (C=O) groups is 1. The molecule has 4 N–H and O–H groups in total. The molecule has 29 heavy (non-hydrogen) atoms. The summed E-state index contributed by atoms with van der Waals surface area (Å²) in [5.41, 5.74) is 9.86. The largest absolute Gasteiger partial charge is 0.497 e. The van der Waals surface area contributed by atoms with Gasteiger partial charge in [-0.3, -0.25) is 10.2 Å². The van der Waals surface area contributed by atoms with E-state index in [0.29, 0.717) is 17.2 Å². The van der Waals surface area contributed by atoms with Crippen LogP contribution in [-0.2, 0) is 0 Å². The zero-order valence-corrected chi connectivity index (χ0v) is 15.9. The number of ether oxygens (including phenoxy) is 2. The average Bonchev–Trinajstić information content (AvgIpc) is 2.74. The van der Waals surface area contributed by atoms with Crippen LogP contribution in [0.5, 0.6) is 11.5 Å². The van der Waals surface area contributed by atoms with Crippen molar-refractivity contribution in [2.24, 2.45) is 10.8 Å². The molecule has 3 rings (SSSR count). The quantitative estimate of drug-likeness (QED) is 0.398. The maximum absolute atomic E-state index is 12.1. The second kappa shape index (κ2) is 9.18. The number of benzene rings is 2. The molecule has 0 saturated carbocycles. The van der Waals surface area contributed by atoms with Gasteiger partial charge in [0.2, 0.25) is 0 Å². The van der Waals surface area contributed by atoms with E-state index in [9.17, 15) is 4.79 Å². The molecule has 0 radical (unpaired) electrons. The summed E-state index contributed by atoms with van der Waals surface area (Å²) < 4.78 is 10.5. The first-order chi connectivity index (χ1) is 14.1. The van der Waals surface area contributed by atoms with Gasteiger partial charge in [0, 0.05) is 23.9 Å². The fourth-order valence-corrected chi connectivity index (χ4v) is 2.52. The lowest BCUT2D eigenvalue weighted by atomic mass is 10.2. The van der Waals surface area contributed by atoms with Crippen molar-refractivity contribution >= 4 is 29.4 Å². The van der Waals surface area contributed by atoms with Crippen LogP contribution in [0.4, 0.5) is 17.3 Å². The lowest BCUT2D eigenvalue weighted by Gasteiger charge is -2.13. The molecular formula is C20H20N6O3. The third-order valence-electron chi connectivity index (χ3n) is 3.89. The van der Waals surface area contributed by atoms with Crippen LogP contribution < -0.4 is 25.9 Å². The zero-order chi connectivity index (χ0) is 20.6. The molecule has 0 spiro atoms. The highest BCUT2D eigenvalue weighted by Gasteiger charge is 2.17. The predicted molar refractivity (Wildman–Crippen MR) is 111 cm³/mol. The molecule has 1 amide bonds. The van der Waals surface area contributed by atoms with Crippen molar-refractivity contribution in [2.75, 3.05) is 25.0 Å². The number of aromatic nitrogens is 2. The van der Waals surface area contributed by atoms with Crippen molar-refractivity contribution in [1.29, 1.82) is 0 Å². The molecule has 0 unspecified atom stereocenters. The number of hydrogen-bond acceptors (Lipinski definition) is 8. The van der Waals surface area contributed by atoms with Gasteiger partial charge in [-0.05, 0) is 5.56 Å². The number of rotatable bonds is 8. The molecule has 3 aromatic rings. The van der Waals surface area contributed by atoms with Crippen LogP contribution in [0.15, 0.2) is 60.0 Å². The van der Waals surface area contributed by atoms with Crippen LogP contribution in [0, 0.1) is 0 Å². The highest BCUT2D eigenvalue weighted by Crippen LogP contribution is 2.29. The summed E-state index contributed by atoms with van der Waals surface area (Å²) in [7, 11) is 3.09. The second-order valence-electron chi connectivity index (χ2n) is 5.82. The Morgan fingerprint density at radius 1 is 1.03 bits per heavy atom. The van der Waals surface area contributed by atoms with Crippen LogP contribution in [0.25, 0.3) is 0 Å². The lowest BCUT2D eigenvalue weighted by molar-refractivity contribution is 0.100. The number of carbonyl (C=O) groups excluding carboxylic acids is 1. The van der Waals surface area contributed by atoms with Crippen molar-refractivity contribution in [3.8, 4) is 11.5 Å². The Hall–Kier alpha value is -4.14. The van der Waals surface area contributed by atoms with Crippen molar-refractivity contribution in [2.45, 2.75) is 0 Å². The molecule has 0 aliphatic rings. The van der Waals surface area contributed by atoms with Gasteiger partial charge in [-0.1, -0.05) is 30.3 Å². The summed E-state index contributed by atoms with van der Waals surface area (Å²) >= 11 is 0. The Morgan fingerprint density at radius 3 is 2.31 bits per heavy atom. The topological polar surface area (TPSA) is 124 Å². The summed E-state index contributed by atoms with van der Waals surface area (Å²) in [4.78, 5) is 20.3. The van der Waals surface area contributed by atoms with Crippen LogP contribution in [0.1, 0.15) is 15.9 Å². The van der Waals surface area contributed by atoms with Gasteiger partial charge in [-0.2, -0.15) is 5.10 Å². The first-order valence-corrected chi connectivity index (χ1v) is 8.59. The minimum Gasteiger partial charge on any atom is -0.497 e. The monoisotopic (exact) mass is 392 g/mol. The first kappa shape index (κ1) is 19.6. The molecule has 0 saturated heterocycles. The summed E-state index contributed by atoms with van der Waals surface area (Å²) in [6, 6.07) is 14.7. The minimum atomic E-state index is -0.708. The minimum absolute atomic E-state index is 0.0690. The number of nitrogens with one attached hydrogen (secondary N) is 2. The Labute approximate surface area is 167 Å². The van der Waals surface area contributed by atoms with Crippen LogP contribution in [0.2, 0.25) is 0 Å². The van der Waals surface area contributed by atoms with E-state index in [1.54, 1.807) is 38.6 Å². The first-order valence-electron chi connectivity index (χ1n) is 8.59. The molecule has 1 aromatic heterocycles. The number of nitrogens with two attached hydrogens (primary N) is 1. The Morgan fingerprint density at radius 2 is 1.69 bits per heavy atom. The molecule has 0 bridgehead atoms. The summed E-state index contributed by atoms with van der Waals surface area (Å²) in [5, 5.41) is 7.16. The van der Waals surface area contributed by atoms with E-state index in [1.807, 2.05) is 30.3 Å². The van der Waals surface area contributed by atoms with E-state index < -0.39 is 5.91 Å². The normalized spacial score (nSPS) is 10.6. The van der Waals surface area contributed by atoms with Gasteiger partial charge in [-0.25, -0.2) is 9.97 Å². The van der Waals surface area contributed by atoms with Crippen LogP contribution >= 0.6 is 0 Å². The van der Waals surface area contributed by atoms with Crippen molar-refractivity contribution in [3.63, 3.8) is 0 Å². The number of hydrazone groups is 1. The number of hydrogen-bond donors (Lipinski definition) is 3.